The van der Waals surface area contributed by atoms with E-state index in [1.54, 1.807) is 12.3 Å². The van der Waals surface area contributed by atoms with Gasteiger partial charge in [0.15, 0.2) is 5.41 Å². The van der Waals surface area contributed by atoms with Gasteiger partial charge in [-0.1, -0.05) is 15.3 Å². The molecule has 1 rings (SSSR count). The number of halogens is 1. The first-order chi connectivity index (χ1) is 6.04. The van der Waals surface area contributed by atoms with Crippen LogP contribution in [0.5, 0.6) is 0 Å². The third-order valence-corrected chi connectivity index (χ3v) is 2.00. The summed E-state index contributed by atoms with van der Waals surface area (Å²) in [6.07, 6.45) is 1.69. The standard InChI is InChI=1S/C9H14FN2P/c1-9(10,13)8-4-3-7(5-11-2)6-12-8/h3-4,6,11H,5,13H2,1-2H3. The van der Waals surface area contributed by atoms with Gasteiger partial charge in [0.2, 0.25) is 0 Å². The van der Waals surface area contributed by atoms with Crippen LogP contribution in [0.1, 0.15) is 18.2 Å². The molecule has 0 saturated carbocycles. The number of hydrogen-bond donors (Lipinski definition) is 1. The second kappa shape index (κ2) is 4.12. The highest BCUT2D eigenvalue weighted by molar-refractivity contribution is 7.18. The van der Waals surface area contributed by atoms with Gasteiger partial charge in [0.1, 0.15) is 0 Å². The molecule has 0 fully saturated rings. The molecule has 0 aromatic carbocycles. The zero-order valence-corrected chi connectivity index (χ0v) is 9.00. The van der Waals surface area contributed by atoms with Crippen molar-refractivity contribution in [2.75, 3.05) is 7.05 Å². The van der Waals surface area contributed by atoms with Gasteiger partial charge < -0.3 is 5.32 Å². The molecule has 0 spiro atoms. The van der Waals surface area contributed by atoms with E-state index < -0.39 is 5.41 Å². The molecule has 2 nitrogen and oxygen atoms in total. The van der Waals surface area contributed by atoms with E-state index in [2.05, 4.69) is 19.5 Å². The lowest BCUT2D eigenvalue weighted by Crippen LogP contribution is -2.09. The van der Waals surface area contributed by atoms with Gasteiger partial charge in [0.25, 0.3) is 0 Å². The maximum atomic E-state index is 13.3. The average Bonchev–Trinajstić information content (AvgIpc) is 2.04. The lowest BCUT2D eigenvalue weighted by Gasteiger charge is -2.13. The monoisotopic (exact) mass is 200 g/mol. The number of rotatable bonds is 3. The predicted molar refractivity (Wildman–Crippen MR) is 55.2 cm³/mol. The van der Waals surface area contributed by atoms with Gasteiger partial charge in [-0.2, -0.15) is 0 Å². The van der Waals surface area contributed by atoms with Gasteiger partial charge in [-0.05, 0) is 25.6 Å². The van der Waals surface area contributed by atoms with Crippen LogP contribution in [0, 0.1) is 0 Å². The molecule has 2 atom stereocenters. The van der Waals surface area contributed by atoms with E-state index >= 15 is 0 Å². The van der Waals surface area contributed by atoms with Gasteiger partial charge in [-0.25, -0.2) is 4.39 Å². The SMILES string of the molecule is CNCc1ccc(C(C)(F)P)nc1. The van der Waals surface area contributed by atoms with Crippen molar-refractivity contribution in [3.63, 3.8) is 0 Å². The van der Waals surface area contributed by atoms with Gasteiger partial charge in [-0.3, -0.25) is 4.98 Å². The van der Waals surface area contributed by atoms with Crippen LogP contribution < -0.4 is 5.32 Å². The molecule has 1 heterocycles. The molecule has 2 unspecified atom stereocenters. The Morgan fingerprint density at radius 2 is 2.31 bits per heavy atom. The van der Waals surface area contributed by atoms with Gasteiger partial charge in [0, 0.05) is 12.7 Å². The number of pyridine rings is 1. The van der Waals surface area contributed by atoms with E-state index in [4.69, 9.17) is 0 Å². The summed E-state index contributed by atoms with van der Waals surface area (Å²) in [5, 5.41) is 1.57. The molecule has 0 aliphatic heterocycles. The van der Waals surface area contributed by atoms with Crippen LogP contribution in [0.4, 0.5) is 4.39 Å². The third kappa shape index (κ3) is 3.02. The van der Waals surface area contributed by atoms with Crippen LogP contribution in [0.15, 0.2) is 18.3 Å². The Bertz CT molecular complexity index is 266. The van der Waals surface area contributed by atoms with Crippen molar-refractivity contribution in [2.45, 2.75) is 18.9 Å². The van der Waals surface area contributed by atoms with Crippen LogP contribution in [0.2, 0.25) is 0 Å². The molecule has 0 bridgehead atoms. The summed E-state index contributed by atoms with van der Waals surface area (Å²) in [7, 11) is 3.99. The fourth-order valence-corrected chi connectivity index (χ4v) is 1.19. The van der Waals surface area contributed by atoms with Crippen LogP contribution in [-0.4, -0.2) is 12.0 Å². The van der Waals surface area contributed by atoms with Crippen molar-refractivity contribution >= 4 is 9.24 Å². The number of alkyl halides is 1. The Hall–Kier alpha value is -0.530. The van der Waals surface area contributed by atoms with E-state index in [-0.39, 0.29) is 0 Å². The minimum absolute atomic E-state index is 0.442. The zero-order valence-electron chi connectivity index (χ0n) is 7.84. The van der Waals surface area contributed by atoms with Crippen molar-refractivity contribution in [3.8, 4) is 0 Å². The van der Waals surface area contributed by atoms with E-state index in [1.165, 1.54) is 6.92 Å². The lowest BCUT2D eigenvalue weighted by molar-refractivity contribution is 0.315. The maximum Gasteiger partial charge on any atom is 0.162 e. The maximum absolute atomic E-state index is 13.3. The Morgan fingerprint density at radius 3 is 2.69 bits per heavy atom. The highest BCUT2D eigenvalue weighted by Gasteiger charge is 2.19. The van der Waals surface area contributed by atoms with Crippen LogP contribution in [0.25, 0.3) is 0 Å². The third-order valence-electron chi connectivity index (χ3n) is 1.71. The summed E-state index contributed by atoms with van der Waals surface area (Å²) in [5.41, 5.74) is 1.50. The van der Waals surface area contributed by atoms with Crippen molar-refractivity contribution in [1.82, 2.24) is 10.3 Å². The van der Waals surface area contributed by atoms with Crippen molar-refractivity contribution < 1.29 is 4.39 Å². The molecular weight excluding hydrogens is 186 g/mol. The zero-order chi connectivity index (χ0) is 9.90. The first-order valence-electron chi connectivity index (χ1n) is 4.12. The number of nitrogens with zero attached hydrogens (tertiary/aromatic N) is 1. The van der Waals surface area contributed by atoms with E-state index in [1.807, 2.05) is 13.1 Å². The lowest BCUT2D eigenvalue weighted by atomic mass is 10.2. The quantitative estimate of drug-likeness (QED) is 0.753. The molecule has 13 heavy (non-hydrogen) atoms. The second-order valence-electron chi connectivity index (χ2n) is 3.16. The normalized spacial score (nSPS) is 15.4. The highest BCUT2D eigenvalue weighted by atomic mass is 31.0. The summed E-state index contributed by atoms with van der Waals surface area (Å²) in [4.78, 5) is 4.03. The Labute approximate surface area is 80.2 Å². The molecular formula is C9H14FN2P. The fourth-order valence-electron chi connectivity index (χ4n) is 1.02. The van der Waals surface area contributed by atoms with E-state index in [0.717, 1.165) is 12.1 Å². The second-order valence-corrected chi connectivity index (χ2v) is 4.24. The van der Waals surface area contributed by atoms with Crippen molar-refractivity contribution in [3.05, 3.63) is 29.6 Å². The number of hydrogen-bond acceptors (Lipinski definition) is 2. The largest absolute Gasteiger partial charge is 0.316 e. The molecule has 1 aromatic rings. The smallest absolute Gasteiger partial charge is 0.162 e. The van der Waals surface area contributed by atoms with Gasteiger partial charge in [-0.15, -0.1) is 0 Å². The predicted octanol–water partition coefficient (Wildman–Crippen LogP) is 1.82. The molecule has 72 valence electrons. The molecule has 0 radical (unpaired) electrons. The number of nitrogens with one attached hydrogen (secondary N) is 1. The van der Waals surface area contributed by atoms with Crippen molar-refractivity contribution in [1.29, 1.82) is 0 Å². The fraction of sp³-hybridized carbons (Fsp3) is 0.444. The molecule has 0 aliphatic rings. The van der Waals surface area contributed by atoms with Crippen molar-refractivity contribution in [2.24, 2.45) is 0 Å². The minimum atomic E-state index is -1.43. The molecule has 1 aromatic heterocycles. The Morgan fingerprint density at radius 1 is 1.62 bits per heavy atom. The Kier molecular flexibility index (Phi) is 3.34. The number of aromatic nitrogens is 1. The summed E-state index contributed by atoms with van der Waals surface area (Å²) in [6.45, 7) is 2.23. The molecule has 0 aliphatic carbocycles. The molecule has 0 amide bonds. The van der Waals surface area contributed by atoms with E-state index in [9.17, 15) is 4.39 Å². The topological polar surface area (TPSA) is 24.9 Å². The molecule has 0 saturated heterocycles. The summed E-state index contributed by atoms with van der Waals surface area (Å²) >= 11 is 0. The van der Waals surface area contributed by atoms with Crippen LogP contribution in [0.3, 0.4) is 0 Å². The highest BCUT2D eigenvalue weighted by Crippen LogP contribution is 2.30. The van der Waals surface area contributed by atoms with Crippen LogP contribution in [-0.2, 0) is 12.0 Å². The first-order valence-corrected chi connectivity index (χ1v) is 4.69. The van der Waals surface area contributed by atoms with E-state index in [0.29, 0.717) is 5.69 Å². The molecule has 1 N–H and O–H groups in total. The average molecular weight is 200 g/mol. The van der Waals surface area contributed by atoms with Gasteiger partial charge >= 0.3 is 0 Å². The Balaban J connectivity index is 2.81. The van der Waals surface area contributed by atoms with Gasteiger partial charge in [0.05, 0.1) is 5.69 Å². The summed E-state index contributed by atoms with van der Waals surface area (Å²) in [5.74, 6) is 0. The van der Waals surface area contributed by atoms with Crippen LogP contribution >= 0.6 is 9.24 Å². The summed E-state index contributed by atoms with van der Waals surface area (Å²) < 4.78 is 13.3. The molecule has 4 heteroatoms. The first kappa shape index (κ1) is 10.6. The summed E-state index contributed by atoms with van der Waals surface area (Å²) in [6, 6.07) is 3.58. The minimum Gasteiger partial charge on any atom is -0.316 e.